The van der Waals surface area contributed by atoms with Crippen LogP contribution in [0, 0.1) is 11.8 Å². The van der Waals surface area contributed by atoms with Crippen LogP contribution in [0.15, 0.2) is 0 Å². The Labute approximate surface area is 109 Å². The van der Waals surface area contributed by atoms with E-state index < -0.39 is 5.60 Å². The lowest BCUT2D eigenvalue weighted by atomic mass is 10.0. The lowest BCUT2D eigenvalue weighted by molar-refractivity contribution is 0.0216. The zero-order valence-electron chi connectivity index (χ0n) is 11.8. The second kappa shape index (κ2) is 4.72. The van der Waals surface area contributed by atoms with Crippen LogP contribution in [0.25, 0.3) is 0 Å². The Kier molecular flexibility index (Phi) is 3.58. The van der Waals surface area contributed by atoms with E-state index in [2.05, 4.69) is 0 Å². The Hall–Kier alpha value is -0.770. The Morgan fingerprint density at radius 1 is 1.17 bits per heavy atom. The molecule has 18 heavy (non-hydrogen) atoms. The molecule has 0 saturated heterocycles. The highest BCUT2D eigenvalue weighted by Crippen LogP contribution is 2.45. The van der Waals surface area contributed by atoms with Crippen molar-refractivity contribution in [3.05, 3.63) is 0 Å². The van der Waals surface area contributed by atoms with Gasteiger partial charge in [-0.2, -0.15) is 0 Å². The van der Waals surface area contributed by atoms with E-state index in [4.69, 9.17) is 4.74 Å². The van der Waals surface area contributed by atoms with Crippen LogP contribution in [0.5, 0.6) is 0 Å². The normalized spacial score (nSPS) is 35.4. The summed E-state index contributed by atoms with van der Waals surface area (Å²) in [4.78, 5) is 13.7. The highest BCUT2D eigenvalue weighted by molar-refractivity contribution is 5.68. The summed E-state index contributed by atoms with van der Waals surface area (Å²) >= 11 is 0. The third kappa shape index (κ3) is 2.97. The van der Waals surface area contributed by atoms with Gasteiger partial charge in [-0.25, -0.2) is 4.79 Å². The van der Waals surface area contributed by atoms with Crippen LogP contribution in [0.1, 0.15) is 46.5 Å². The molecule has 0 heterocycles. The van der Waals surface area contributed by atoms with E-state index in [0.29, 0.717) is 11.8 Å². The molecule has 0 spiro atoms. The first-order chi connectivity index (χ1) is 8.26. The lowest BCUT2D eigenvalue weighted by Crippen LogP contribution is -2.40. The van der Waals surface area contributed by atoms with Crippen molar-refractivity contribution in [2.45, 2.75) is 64.2 Å². The number of carbonyl (C=O) groups excluding carboxylic acids is 1. The molecule has 0 radical (unpaired) electrons. The first kappa shape index (κ1) is 13.7. The average Bonchev–Trinajstić information content (AvgIpc) is 2.70. The maximum Gasteiger partial charge on any atom is 0.410 e. The van der Waals surface area contributed by atoms with Crippen molar-refractivity contribution in [1.82, 2.24) is 4.90 Å². The third-order valence-corrected chi connectivity index (χ3v) is 4.20. The minimum absolute atomic E-state index is 0.118. The highest BCUT2D eigenvalue weighted by atomic mass is 16.6. The number of rotatable bonds is 1. The van der Waals surface area contributed by atoms with E-state index in [1.165, 1.54) is 0 Å². The molecule has 1 N–H and O–H groups in total. The predicted molar refractivity (Wildman–Crippen MR) is 69.2 cm³/mol. The fraction of sp³-hybridized carbons (Fsp3) is 0.929. The van der Waals surface area contributed by atoms with Crippen LogP contribution in [-0.4, -0.2) is 40.9 Å². The summed E-state index contributed by atoms with van der Waals surface area (Å²) in [6.07, 6.45) is 3.49. The first-order valence-electron chi connectivity index (χ1n) is 6.90. The molecule has 0 bridgehead atoms. The summed E-state index contributed by atoms with van der Waals surface area (Å²) in [6, 6.07) is 0.280. The van der Waals surface area contributed by atoms with Crippen LogP contribution in [0.2, 0.25) is 0 Å². The van der Waals surface area contributed by atoms with Crippen molar-refractivity contribution >= 4 is 6.09 Å². The molecule has 0 aromatic carbocycles. The smallest absolute Gasteiger partial charge is 0.410 e. The van der Waals surface area contributed by atoms with Crippen molar-refractivity contribution < 1.29 is 14.6 Å². The first-order valence-corrected chi connectivity index (χ1v) is 6.90. The van der Waals surface area contributed by atoms with Gasteiger partial charge in [-0.15, -0.1) is 0 Å². The monoisotopic (exact) mass is 255 g/mol. The molecule has 1 amide bonds. The second-order valence-electron chi connectivity index (χ2n) is 6.86. The molecule has 2 saturated carbocycles. The number of nitrogens with zero attached hydrogens (tertiary/aromatic N) is 1. The van der Waals surface area contributed by atoms with Gasteiger partial charge in [0, 0.05) is 13.1 Å². The number of hydrogen-bond acceptors (Lipinski definition) is 3. The molecule has 0 aromatic heterocycles. The Balaban J connectivity index is 1.88. The van der Waals surface area contributed by atoms with Gasteiger partial charge < -0.3 is 14.7 Å². The molecular formula is C14H25NO3. The molecule has 104 valence electrons. The van der Waals surface area contributed by atoms with Crippen molar-refractivity contribution in [2.24, 2.45) is 11.8 Å². The molecule has 4 atom stereocenters. The Morgan fingerprint density at radius 3 is 2.11 bits per heavy atom. The number of aliphatic hydroxyl groups excluding tert-OH is 1. The van der Waals surface area contributed by atoms with Crippen molar-refractivity contribution in [3.63, 3.8) is 0 Å². The van der Waals surface area contributed by atoms with Gasteiger partial charge in [-0.05, 0) is 58.3 Å². The van der Waals surface area contributed by atoms with Crippen LogP contribution in [0.4, 0.5) is 4.79 Å². The standard InChI is InChI=1S/C14H25NO3/c1-14(2,3)18-13(17)15(4)11-5-9-7-12(16)8-10(9)6-11/h9-12,16H,5-8H2,1-4H3/t9-,10+,11-,12+. The maximum atomic E-state index is 12.0. The SMILES string of the molecule is CN(C(=O)OC(C)(C)C)[C@H]1C[C@H]2C[C@@H](O)C[C@H]2C1. The summed E-state index contributed by atoms with van der Waals surface area (Å²) in [5.74, 6) is 1.18. The van der Waals surface area contributed by atoms with E-state index in [1.54, 1.807) is 4.90 Å². The molecule has 4 nitrogen and oxygen atoms in total. The summed E-state index contributed by atoms with van der Waals surface area (Å²) < 4.78 is 5.39. The van der Waals surface area contributed by atoms with Crippen LogP contribution >= 0.6 is 0 Å². The maximum absolute atomic E-state index is 12.0. The third-order valence-electron chi connectivity index (χ3n) is 4.20. The van der Waals surface area contributed by atoms with Gasteiger partial charge in [0.25, 0.3) is 0 Å². The topological polar surface area (TPSA) is 49.8 Å². The number of ether oxygens (including phenoxy) is 1. The van der Waals surface area contributed by atoms with Crippen molar-refractivity contribution in [1.29, 1.82) is 0 Å². The zero-order chi connectivity index (χ0) is 13.5. The van der Waals surface area contributed by atoms with E-state index in [1.807, 2.05) is 27.8 Å². The van der Waals surface area contributed by atoms with Gasteiger partial charge in [-0.3, -0.25) is 0 Å². The van der Waals surface area contributed by atoms with Crippen molar-refractivity contribution in [3.8, 4) is 0 Å². The summed E-state index contributed by atoms with van der Waals surface area (Å²) in [5, 5.41) is 9.62. The molecule has 0 unspecified atom stereocenters. The number of aliphatic hydroxyl groups is 1. The van der Waals surface area contributed by atoms with Crippen LogP contribution in [0.3, 0.4) is 0 Å². The molecule has 0 aromatic rings. The van der Waals surface area contributed by atoms with Gasteiger partial charge in [0.2, 0.25) is 0 Å². The molecule has 0 aliphatic heterocycles. The fourth-order valence-electron chi connectivity index (χ4n) is 3.35. The second-order valence-corrected chi connectivity index (χ2v) is 6.86. The number of hydrogen-bond donors (Lipinski definition) is 1. The summed E-state index contributed by atoms with van der Waals surface area (Å²) in [6.45, 7) is 5.66. The summed E-state index contributed by atoms with van der Waals surface area (Å²) in [5.41, 5.74) is -0.435. The minimum atomic E-state index is -0.435. The van der Waals surface area contributed by atoms with E-state index in [0.717, 1.165) is 25.7 Å². The van der Waals surface area contributed by atoms with Gasteiger partial charge in [0.1, 0.15) is 5.60 Å². The van der Waals surface area contributed by atoms with Crippen LogP contribution < -0.4 is 0 Å². The number of amides is 1. The van der Waals surface area contributed by atoms with Crippen molar-refractivity contribution in [2.75, 3.05) is 7.05 Å². The van der Waals surface area contributed by atoms with Gasteiger partial charge in [0.05, 0.1) is 6.10 Å². The quantitative estimate of drug-likeness (QED) is 0.782. The molecular weight excluding hydrogens is 230 g/mol. The van der Waals surface area contributed by atoms with E-state index >= 15 is 0 Å². The molecule has 2 aliphatic rings. The fourth-order valence-corrected chi connectivity index (χ4v) is 3.35. The molecule has 4 heteroatoms. The Bertz CT molecular complexity index is 309. The predicted octanol–water partition coefficient (Wildman–Crippen LogP) is 2.40. The largest absolute Gasteiger partial charge is 0.444 e. The van der Waals surface area contributed by atoms with E-state index in [-0.39, 0.29) is 18.2 Å². The molecule has 2 fully saturated rings. The van der Waals surface area contributed by atoms with Gasteiger partial charge in [0.15, 0.2) is 0 Å². The number of fused-ring (bicyclic) bond motifs is 1. The van der Waals surface area contributed by atoms with Gasteiger partial charge in [-0.1, -0.05) is 0 Å². The molecule has 2 rings (SSSR count). The van der Waals surface area contributed by atoms with Gasteiger partial charge >= 0.3 is 6.09 Å². The molecule has 2 aliphatic carbocycles. The Morgan fingerprint density at radius 2 is 1.67 bits per heavy atom. The number of carbonyl (C=O) groups is 1. The lowest BCUT2D eigenvalue weighted by Gasteiger charge is -2.29. The highest BCUT2D eigenvalue weighted by Gasteiger charge is 2.43. The van der Waals surface area contributed by atoms with Crippen LogP contribution in [-0.2, 0) is 4.74 Å². The zero-order valence-corrected chi connectivity index (χ0v) is 11.8. The van der Waals surface area contributed by atoms with E-state index in [9.17, 15) is 9.90 Å². The average molecular weight is 255 g/mol. The summed E-state index contributed by atoms with van der Waals surface area (Å²) in [7, 11) is 1.83. The minimum Gasteiger partial charge on any atom is -0.444 e.